The molecule has 0 bridgehead atoms. The van der Waals surface area contributed by atoms with Crippen molar-refractivity contribution in [3.63, 3.8) is 0 Å². The second kappa shape index (κ2) is 17.7. The number of alkyl halides is 1. The Morgan fingerprint density at radius 2 is 1.18 bits per heavy atom. The summed E-state index contributed by atoms with van der Waals surface area (Å²) in [5.74, 6) is 1.34. The first-order valence-electron chi connectivity index (χ1n) is 15.0. The summed E-state index contributed by atoms with van der Waals surface area (Å²) in [5, 5.41) is 0. The molecule has 1 unspecified atom stereocenters. The van der Waals surface area contributed by atoms with Gasteiger partial charge in [-0.3, -0.25) is 0 Å². The van der Waals surface area contributed by atoms with Gasteiger partial charge in [-0.2, -0.15) is 0 Å². The Bertz CT molecular complexity index is 1000. The van der Waals surface area contributed by atoms with E-state index in [9.17, 15) is 4.39 Å². The molecular weight excluding hydrogens is 471 g/mol. The first-order chi connectivity index (χ1) is 18.7. The number of aryl methyl sites for hydroxylation is 1. The second-order valence-electron chi connectivity index (χ2n) is 10.5. The van der Waals surface area contributed by atoms with Gasteiger partial charge in [-0.05, 0) is 54.7 Å². The molecule has 1 aromatic heterocycles. The normalized spacial score (nSPS) is 12.0. The highest BCUT2D eigenvalue weighted by molar-refractivity contribution is 5.64. The molecule has 0 radical (unpaired) electrons. The number of halogens is 1. The Morgan fingerprint density at radius 1 is 0.632 bits per heavy atom. The third-order valence-electron chi connectivity index (χ3n) is 7.17. The zero-order valence-electron chi connectivity index (χ0n) is 23.6. The summed E-state index contributed by atoms with van der Waals surface area (Å²) in [7, 11) is 0. The van der Waals surface area contributed by atoms with Crippen molar-refractivity contribution in [3.05, 3.63) is 66.5 Å². The molecule has 0 N–H and O–H groups in total. The van der Waals surface area contributed by atoms with Crippen LogP contribution >= 0.6 is 0 Å². The van der Waals surface area contributed by atoms with Gasteiger partial charge in [0.25, 0.3) is 0 Å². The molecule has 0 saturated heterocycles. The third-order valence-corrected chi connectivity index (χ3v) is 7.17. The van der Waals surface area contributed by atoms with Crippen molar-refractivity contribution in [1.29, 1.82) is 0 Å². The fraction of sp³-hybridized carbons (Fsp3) is 0.529. The van der Waals surface area contributed by atoms with Gasteiger partial charge >= 0.3 is 0 Å². The molecule has 3 nitrogen and oxygen atoms in total. The average molecular weight is 519 g/mol. The maximum absolute atomic E-state index is 13.9. The van der Waals surface area contributed by atoms with Crippen LogP contribution in [0.3, 0.4) is 0 Å². The van der Waals surface area contributed by atoms with E-state index in [0.717, 1.165) is 42.4 Å². The number of aromatic nitrogens is 2. The van der Waals surface area contributed by atoms with Crippen LogP contribution in [0.2, 0.25) is 0 Å². The van der Waals surface area contributed by atoms with Crippen LogP contribution in [-0.4, -0.2) is 22.7 Å². The fourth-order valence-corrected chi connectivity index (χ4v) is 4.72. The number of hydrogen-bond donors (Lipinski definition) is 0. The first kappa shape index (κ1) is 29.8. The Kier molecular flexibility index (Phi) is 13.9. The van der Waals surface area contributed by atoms with Gasteiger partial charge < -0.3 is 4.74 Å². The lowest BCUT2D eigenvalue weighted by atomic mass is 10.0. The summed E-state index contributed by atoms with van der Waals surface area (Å²) >= 11 is 0. The lowest BCUT2D eigenvalue weighted by molar-refractivity contribution is 0.184. The molecule has 3 aromatic rings. The highest BCUT2D eigenvalue weighted by atomic mass is 19.1. The number of ether oxygens (including phenoxy) is 1. The highest BCUT2D eigenvalue weighted by Crippen LogP contribution is 2.23. The van der Waals surface area contributed by atoms with Crippen LogP contribution in [0.4, 0.5) is 4.39 Å². The monoisotopic (exact) mass is 518 g/mol. The molecule has 1 heterocycles. The van der Waals surface area contributed by atoms with Crippen LogP contribution in [0.1, 0.15) is 103 Å². The summed E-state index contributed by atoms with van der Waals surface area (Å²) in [5.41, 5.74) is 4.47. The van der Waals surface area contributed by atoms with Crippen molar-refractivity contribution in [2.45, 2.75) is 110 Å². The molecule has 0 aliphatic rings. The van der Waals surface area contributed by atoms with E-state index in [1.807, 2.05) is 36.7 Å². The number of hydrogen-bond acceptors (Lipinski definition) is 3. The van der Waals surface area contributed by atoms with E-state index in [2.05, 4.69) is 48.1 Å². The van der Waals surface area contributed by atoms with Crippen molar-refractivity contribution in [2.24, 2.45) is 0 Å². The van der Waals surface area contributed by atoms with Gasteiger partial charge in [0.2, 0.25) is 0 Å². The van der Waals surface area contributed by atoms with Crippen LogP contribution in [0.15, 0.2) is 60.9 Å². The van der Waals surface area contributed by atoms with Crippen LogP contribution < -0.4 is 4.74 Å². The number of rotatable bonds is 19. The Morgan fingerprint density at radius 3 is 1.82 bits per heavy atom. The molecule has 0 aliphatic carbocycles. The number of benzene rings is 2. The van der Waals surface area contributed by atoms with Gasteiger partial charge in [-0.15, -0.1) is 0 Å². The SMILES string of the molecule is CCCCCCCCCCCc1ccc(-c2cnc(-c3ccc(OCC(F)CCCCC)cc3)nc2)cc1. The predicted octanol–water partition coefficient (Wildman–Crippen LogP) is 10.2. The summed E-state index contributed by atoms with van der Waals surface area (Å²) in [6.07, 6.45) is 19.9. The molecule has 0 spiro atoms. The van der Waals surface area contributed by atoms with Gasteiger partial charge in [0.15, 0.2) is 5.82 Å². The maximum Gasteiger partial charge on any atom is 0.159 e. The molecule has 3 rings (SSSR count). The topological polar surface area (TPSA) is 35.0 Å². The van der Waals surface area contributed by atoms with Crippen molar-refractivity contribution in [2.75, 3.05) is 6.61 Å². The van der Waals surface area contributed by atoms with Crippen LogP contribution in [0.5, 0.6) is 5.75 Å². The zero-order chi connectivity index (χ0) is 26.8. The van der Waals surface area contributed by atoms with Crippen molar-refractivity contribution in [3.8, 4) is 28.3 Å². The summed E-state index contributed by atoms with van der Waals surface area (Å²) in [6, 6.07) is 16.4. The quantitative estimate of drug-likeness (QED) is 0.148. The third kappa shape index (κ3) is 10.9. The van der Waals surface area contributed by atoms with Crippen molar-refractivity contribution < 1.29 is 9.13 Å². The molecule has 1 atom stereocenters. The van der Waals surface area contributed by atoms with E-state index in [0.29, 0.717) is 18.0 Å². The van der Waals surface area contributed by atoms with E-state index in [-0.39, 0.29) is 6.61 Å². The van der Waals surface area contributed by atoms with E-state index >= 15 is 0 Å². The van der Waals surface area contributed by atoms with E-state index in [1.54, 1.807) is 0 Å². The minimum Gasteiger partial charge on any atom is -0.491 e. The van der Waals surface area contributed by atoms with E-state index in [1.165, 1.54) is 63.4 Å². The average Bonchev–Trinajstić information content (AvgIpc) is 2.96. The Labute approximate surface area is 230 Å². The molecule has 0 aliphatic heterocycles. The van der Waals surface area contributed by atoms with Crippen LogP contribution in [0, 0.1) is 0 Å². The molecule has 38 heavy (non-hydrogen) atoms. The minimum absolute atomic E-state index is 0.103. The van der Waals surface area contributed by atoms with E-state index in [4.69, 9.17) is 4.74 Å². The first-order valence-corrected chi connectivity index (χ1v) is 15.0. The number of unbranched alkanes of at least 4 members (excludes halogenated alkanes) is 10. The largest absolute Gasteiger partial charge is 0.491 e. The Balaban J connectivity index is 1.40. The maximum atomic E-state index is 13.9. The van der Waals surface area contributed by atoms with Crippen LogP contribution in [-0.2, 0) is 6.42 Å². The summed E-state index contributed by atoms with van der Waals surface area (Å²) in [4.78, 5) is 9.17. The highest BCUT2D eigenvalue weighted by Gasteiger charge is 2.08. The summed E-state index contributed by atoms with van der Waals surface area (Å²) in [6.45, 7) is 4.50. The molecule has 0 saturated carbocycles. The van der Waals surface area contributed by atoms with Crippen molar-refractivity contribution >= 4 is 0 Å². The molecular formula is C34H47FN2O. The zero-order valence-corrected chi connectivity index (χ0v) is 23.6. The van der Waals surface area contributed by atoms with Crippen molar-refractivity contribution in [1.82, 2.24) is 9.97 Å². The molecule has 4 heteroatoms. The molecule has 206 valence electrons. The van der Waals surface area contributed by atoms with Gasteiger partial charge in [-0.25, -0.2) is 14.4 Å². The molecule has 0 amide bonds. The predicted molar refractivity (Wildman–Crippen MR) is 158 cm³/mol. The number of nitrogens with zero attached hydrogens (tertiary/aromatic N) is 2. The molecule has 0 fully saturated rings. The minimum atomic E-state index is -0.916. The van der Waals surface area contributed by atoms with E-state index < -0.39 is 6.17 Å². The van der Waals surface area contributed by atoms with Crippen LogP contribution in [0.25, 0.3) is 22.5 Å². The second-order valence-corrected chi connectivity index (χ2v) is 10.5. The smallest absolute Gasteiger partial charge is 0.159 e. The Hall–Kier alpha value is -2.75. The lowest BCUT2D eigenvalue weighted by Crippen LogP contribution is -2.12. The molecule has 2 aromatic carbocycles. The summed E-state index contributed by atoms with van der Waals surface area (Å²) < 4.78 is 19.6. The van der Waals surface area contributed by atoms with Gasteiger partial charge in [0.05, 0.1) is 0 Å². The van der Waals surface area contributed by atoms with Gasteiger partial charge in [0, 0.05) is 23.5 Å². The van der Waals surface area contributed by atoms with Gasteiger partial charge in [0.1, 0.15) is 18.5 Å². The van der Waals surface area contributed by atoms with Gasteiger partial charge in [-0.1, -0.05) is 109 Å². The standard InChI is InChI=1S/C34H47FN2O/c1-3-5-7-8-9-10-11-12-14-15-28-17-19-29(20-18-28)31-25-36-34(37-26-31)30-21-23-33(24-22-30)38-27-32(35)16-13-6-4-2/h17-26,32H,3-16,27H2,1-2H3. The fourth-order valence-electron chi connectivity index (χ4n) is 4.72. The lowest BCUT2D eigenvalue weighted by Gasteiger charge is -2.11.